The van der Waals surface area contributed by atoms with Gasteiger partial charge in [-0.3, -0.25) is 14.4 Å². The summed E-state index contributed by atoms with van der Waals surface area (Å²) in [4.78, 5) is 38.4. The molecule has 0 aromatic heterocycles. The average Bonchev–Trinajstić information content (AvgIpc) is 3.45. The van der Waals surface area contributed by atoms with Crippen molar-refractivity contribution in [1.29, 1.82) is 0 Å². The van der Waals surface area contributed by atoms with Gasteiger partial charge in [-0.25, -0.2) is 0 Å². The molecule has 0 aromatic rings. The van der Waals surface area contributed by atoms with E-state index in [1.54, 1.807) is 0 Å². The number of carbonyl (C=O) groups is 3. The van der Waals surface area contributed by atoms with Gasteiger partial charge in [-0.15, -0.1) is 0 Å². The second-order valence-corrected chi connectivity index (χ2v) is 23.8. The van der Waals surface area contributed by atoms with Crippen molar-refractivity contribution < 1.29 is 28.6 Å². The van der Waals surface area contributed by atoms with Crippen LogP contribution in [-0.4, -0.2) is 37.2 Å². The van der Waals surface area contributed by atoms with E-state index in [9.17, 15) is 14.4 Å². The summed E-state index contributed by atoms with van der Waals surface area (Å²) in [6.45, 7) is 6.66. The third-order valence-corrected chi connectivity index (χ3v) is 15.8. The molecule has 0 rings (SSSR count). The highest BCUT2D eigenvalue weighted by atomic mass is 16.6. The maximum absolute atomic E-state index is 12.9. The fourth-order valence-electron chi connectivity index (χ4n) is 10.5. The molecule has 0 spiro atoms. The fraction of sp³-hybridized carbons (Fsp3) is 0.849. The molecule has 1 atom stereocenters. The Balaban J connectivity index is 4.21. The molecular weight excluding hydrogens is 973 g/mol. The number of hydrogen-bond donors (Lipinski definition) is 0. The lowest BCUT2D eigenvalue weighted by molar-refractivity contribution is -0.167. The van der Waals surface area contributed by atoms with E-state index in [2.05, 4.69) is 69.4 Å². The Morgan fingerprint density at radius 2 is 0.456 bits per heavy atom. The molecule has 0 aromatic carbocycles. The maximum atomic E-state index is 12.9. The van der Waals surface area contributed by atoms with Crippen molar-refractivity contribution in [3.05, 3.63) is 48.6 Å². The van der Waals surface area contributed by atoms with E-state index in [4.69, 9.17) is 14.2 Å². The van der Waals surface area contributed by atoms with E-state index < -0.39 is 6.10 Å². The van der Waals surface area contributed by atoms with Crippen LogP contribution in [0.4, 0.5) is 0 Å². The van der Waals surface area contributed by atoms with E-state index in [1.807, 2.05) is 0 Å². The molecule has 0 aliphatic carbocycles. The molecule has 6 heteroatoms. The zero-order valence-electron chi connectivity index (χ0n) is 53.2. The lowest BCUT2D eigenvalue weighted by atomic mass is 10.0. The standard InChI is InChI=1S/C73H134O6/c1-4-7-10-13-16-19-22-25-28-30-31-32-33-34-35-36-37-38-39-40-41-43-45-48-51-54-57-60-63-66-72(75)78-69-70(68-77-71(74)65-62-59-56-53-50-47-44-27-24-21-18-15-12-9-6-3)79-73(76)67-64-61-58-55-52-49-46-42-29-26-23-20-17-14-11-8-5-2/h17,20,22,25-26,29-31,70H,4-16,18-19,21,23-24,27-28,32-69H2,1-3H3/b20-17-,25-22-,29-26-,31-30-. The summed E-state index contributed by atoms with van der Waals surface area (Å²) >= 11 is 0. The lowest BCUT2D eigenvalue weighted by Crippen LogP contribution is -2.30. The van der Waals surface area contributed by atoms with Crippen molar-refractivity contribution in [2.24, 2.45) is 0 Å². The molecule has 0 saturated heterocycles. The first-order chi connectivity index (χ1) is 39.0. The Morgan fingerprint density at radius 3 is 0.722 bits per heavy atom. The fourth-order valence-corrected chi connectivity index (χ4v) is 10.5. The van der Waals surface area contributed by atoms with Crippen LogP contribution in [0.25, 0.3) is 0 Å². The van der Waals surface area contributed by atoms with Gasteiger partial charge < -0.3 is 14.2 Å². The van der Waals surface area contributed by atoms with E-state index in [1.165, 1.54) is 263 Å². The predicted molar refractivity (Wildman–Crippen MR) is 344 cm³/mol. The van der Waals surface area contributed by atoms with Crippen LogP contribution in [0.1, 0.15) is 380 Å². The van der Waals surface area contributed by atoms with E-state index in [0.717, 1.165) is 77.0 Å². The molecule has 0 radical (unpaired) electrons. The predicted octanol–water partition coefficient (Wildman–Crippen LogP) is 24.1. The van der Waals surface area contributed by atoms with Crippen LogP contribution in [0.3, 0.4) is 0 Å². The van der Waals surface area contributed by atoms with Gasteiger partial charge in [0.1, 0.15) is 13.2 Å². The third-order valence-electron chi connectivity index (χ3n) is 15.8. The molecule has 0 aliphatic heterocycles. The largest absolute Gasteiger partial charge is 0.462 e. The normalized spacial score (nSPS) is 12.3. The molecule has 1 unspecified atom stereocenters. The van der Waals surface area contributed by atoms with Crippen LogP contribution in [-0.2, 0) is 28.6 Å². The number of allylic oxidation sites excluding steroid dienone is 8. The molecule has 6 nitrogen and oxygen atoms in total. The van der Waals surface area contributed by atoms with Gasteiger partial charge in [0.15, 0.2) is 6.10 Å². The van der Waals surface area contributed by atoms with Crippen molar-refractivity contribution in [2.45, 2.75) is 386 Å². The minimum atomic E-state index is -0.775. The average molecular weight is 1110 g/mol. The Morgan fingerprint density at radius 1 is 0.253 bits per heavy atom. The maximum Gasteiger partial charge on any atom is 0.306 e. The SMILES string of the molecule is CCCCC/C=C\C/C=C\CCCCCCCCCC(=O)OC(COC(=O)CCCCCCCCCCCCCCCCC)COC(=O)CCCCCCCCCCCCCCCCCCC/C=C\C/C=C\CCCCCCC. The van der Waals surface area contributed by atoms with Gasteiger partial charge in [-0.1, -0.05) is 326 Å². The van der Waals surface area contributed by atoms with Gasteiger partial charge in [0.25, 0.3) is 0 Å². The second-order valence-electron chi connectivity index (χ2n) is 23.8. The van der Waals surface area contributed by atoms with Gasteiger partial charge in [0.05, 0.1) is 0 Å². The van der Waals surface area contributed by atoms with Crippen molar-refractivity contribution in [3.63, 3.8) is 0 Å². The quantitative estimate of drug-likeness (QED) is 0.0261. The van der Waals surface area contributed by atoms with Gasteiger partial charge in [-0.05, 0) is 83.5 Å². The number of rotatable bonds is 65. The number of esters is 3. The summed E-state index contributed by atoms with van der Waals surface area (Å²) in [6, 6.07) is 0. The molecule has 0 aliphatic rings. The smallest absolute Gasteiger partial charge is 0.306 e. The highest BCUT2D eigenvalue weighted by molar-refractivity contribution is 5.71. The van der Waals surface area contributed by atoms with Gasteiger partial charge >= 0.3 is 17.9 Å². The monoisotopic (exact) mass is 1110 g/mol. The molecule has 79 heavy (non-hydrogen) atoms. The number of unbranched alkanes of at least 4 members (excludes halogenated alkanes) is 46. The molecule has 0 N–H and O–H groups in total. The summed E-state index contributed by atoms with van der Waals surface area (Å²) in [5.74, 6) is -0.852. The Labute approximate surface area is 492 Å². The van der Waals surface area contributed by atoms with E-state index >= 15 is 0 Å². The molecule has 0 amide bonds. The van der Waals surface area contributed by atoms with Crippen LogP contribution in [0.5, 0.6) is 0 Å². The van der Waals surface area contributed by atoms with Gasteiger partial charge in [0.2, 0.25) is 0 Å². The third kappa shape index (κ3) is 66.1. The second kappa shape index (κ2) is 67.9. The minimum Gasteiger partial charge on any atom is -0.462 e. The molecule has 0 bridgehead atoms. The molecule has 0 fully saturated rings. The molecule has 462 valence electrons. The minimum absolute atomic E-state index is 0.0711. The van der Waals surface area contributed by atoms with Gasteiger partial charge in [-0.2, -0.15) is 0 Å². The molecule has 0 saturated carbocycles. The van der Waals surface area contributed by atoms with Crippen LogP contribution in [0.15, 0.2) is 48.6 Å². The van der Waals surface area contributed by atoms with E-state index in [-0.39, 0.29) is 31.1 Å². The Hall–Kier alpha value is -2.63. The summed E-state index contributed by atoms with van der Waals surface area (Å²) in [7, 11) is 0. The summed E-state index contributed by atoms with van der Waals surface area (Å²) in [5.41, 5.74) is 0. The van der Waals surface area contributed by atoms with Crippen LogP contribution in [0, 0.1) is 0 Å². The lowest BCUT2D eigenvalue weighted by Gasteiger charge is -2.18. The first kappa shape index (κ1) is 76.4. The summed E-state index contributed by atoms with van der Waals surface area (Å²) < 4.78 is 17.0. The first-order valence-electron chi connectivity index (χ1n) is 35.1. The zero-order chi connectivity index (χ0) is 57.1. The van der Waals surface area contributed by atoms with Crippen LogP contribution >= 0.6 is 0 Å². The highest BCUT2D eigenvalue weighted by Crippen LogP contribution is 2.18. The van der Waals surface area contributed by atoms with E-state index in [0.29, 0.717) is 19.3 Å². The van der Waals surface area contributed by atoms with Crippen LogP contribution < -0.4 is 0 Å². The molecular formula is C73H134O6. The summed E-state index contributed by atoms with van der Waals surface area (Å²) in [5, 5.41) is 0. The van der Waals surface area contributed by atoms with Crippen molar-refractivity contribution in [3.8, 4) is 0 Å². The number of ether oxygens (including phenoxy) is 3. The number of hydrogen-bond acceptors (Lipinski definition) is 6. The highest BCUT2D eigenvalue weighted by Gasteiger charge is 2.19. The Kier molecular flexibility index (Phi) is 65.6. The van der Waals surface area contributed by atoms with Crippen LogP contribution in [0.2, 0.25) is 0 Å². The van der Waals surface area contributed by atoms with Crippen molar-refractivity contribution in [2.75, 3.05) is 13.2 Å². The zero-order valence-corrected chi connectivity index (χ0v) is 53.2. The van der Waals surface area contributed by atoms with Gasteiger partial charge in [0, 0.05) is 19.3 Å². The first-order valence-corrected chi connectivity index (χ1v) is 35.1. The van der Waals surface area contributed by atoms with Crippen molar-refractivity contribution in [1.82, 2.24) is 0 Å². The molecule has 0 heterocycles. The number of carbonyl (C=O) groups excluding carboxylic acids is 3. The topological polar surface area (TPSA) is 78.9 Å². The Bertz CT molecular complexity index is 1360. The summed E-state index contributed by atoms with van der Waals surface area (Å²) in [6.07, 6.45) is 85.6. The van der Waals surface area contributed by atoms with Crippen molar-refractivity contribution >= 4 is 17.9 Å².